The SMILES string of the molecule is CCc1ccc(CNC(=O)[C@H](Cc2cnc3ccccc3c2)NC(=O)[C@H](N)CCCCN)cc1. The third-order valence-corrected chi connectivity index (χ3v) is 5.92. The molecule has 1 heterocycles. The summed E-state index contributed by atoms with van der Waals surface area (Å²) in [6.07, 6.45) is 5.14. The van der Waals surface area contributed by atoms with Gasteiger partial charge in [0.05, 0.1) is 11.6 Å². The van der Waals surface area contributed by atoms with Gasteiger partial charge in [0.1, 0.15) is 6.04 Å². The molecule has 2 amide bonds. The number of hydrogen-bond donors (Lipinski definition) is 4. The number of nitrogens with zero attached hydrogens (tertiary/aromatic N) is 1. The lowest BCUT2D eigenvalue weighted by Gasteiger charge is -2.21. The molecule has 1 aromatic heterocycles. The van der Waals surface area contributed by atoms with Crippen LogP contribution in [0.25, 0.3) is 10.9 Å². The second-order valence-corrected chi connectivity index (χ2v) is 8.58. The van der Waals surface area contributed by atoms with Gasteiger partial charge < -0.3 is 22.1 Å². The summed E-state index contributed by atoms with van der Waals surface area (Å²) in [4.78, 5) is 30.3. The Morgan fingerprint density at radius 1 is 0.971 bits per heavy atom. The van der Waals surface area contributed by atoms with E-state index in [2.05, 4.69) is 34.7 Å². The van der Waals surface area contributed by atoms with Crippen LogP contribution in [-0.2, 0) is 29.0 Å². The molecule has 0 radical (unpaired) electrons. The monoisotopic (exact) mass is 461 g/mol. The molecule has 0 aliphatic carbocycles. The van der Waals surface area contributed by atoms with Crippen molar-refractivity contribution in [1.29, 1.82) is 0 Å². The fourth-order valence-electron chi connectivity index (χ4n) is 3.80. The summed E-state index contributed by atoms with van der Waals surface area (Å²) < 4.78 is 0. The molecule has 180 valence electrons. The van der Waals surface area contributed by atoms with E-state index in [9.17, 15) is 9.59 Å². The minimum Gasteiger partial charge on any atom is -0.350 e. The zero-order valence-electron chi connectivity index (χ0n) is 19.8. The van der Waals surface area contributed by atoms with Gasteiger partial charge in [-0.2, -0.15) is 0 Å². The zero-order chi connectivity index (χ0) is 24.3. The first-order valence-corrected chi connectivity index (χ1v) is 12.0. The van der Waals surface area contributed by atoms with Crippen molar-refractivity contribution in [2.75, 3.05) is 6.54 Å². The fraction of sp³-hybridized carbons (Fsp3) is 0.370. The number of rotatable bonds is 12. The molecule has 0 saturated heterocycles. The maximum atomic E-state index is 13.1. The van der Waals surface area contributed by atoms with Gasteiger partial charge in [0.25, 0.3) is 0 Å². The summed E-state index contributed by atoms with van der Waals surface area (Å²) >= 11 is 0. The molecular weight excluding hydrogens is 426 g/mol. The molecule has 0 unspecified atom stereocenters. The van der Waals surface area contributed by atoms with Crippen LogP contribution < -0.4 is 22.1 Å². The number of carbonyl (C=O) groups is 2. The number of fused-ring (bicyclic) bond motifs is 1. The summed E-state index contributed by atoms with van der Waals surface area (Å²) in [5.74, 6) is -0.589. The molecule has 7 nitrogen and oxygen atoms in total. The Morgan fingerprint density at radius 2 is 1.71 bits per heavy atom. The Morgan fingerprint density at radius 3 is 2.44 bits per heavy atom. The molecule has 2 atom stereocenters. The molecule has 6 N–H and O–H groups in total. The number of amides is 2. The largest absolute Gasteiger partial charge is 0.350 e. The number of pyridine rings is 1. The molecule has 3 rings (SSSR count). The van der Waals surface area contributed by atoms with Crippen LogP contribution in [0.1, 0.15) is 42.9 Å². The molecule has 2 aromatic carbocycles. The molecule has 0 fully saturated rings. The van der Waals surface area contributed by atoms with E-state index in [0.717, 1.165) is 41.3 Å². The van der Waals surface area contributed by atoms with Crippen molar-refractivity contribution in [3.63, 3.8) is 0 Å². The normalized spacial score (nSPS) is 12.8. The molecule has 7 heteroatoms. The van der Waals surface area contributed by atoms with E-state index in [-0.39, 0.29) is 11.8 Å². The van der Waals surface area contributed by atoms with E-state index in [1.807, 2.05) is 42.5 Å². The van der Waals surface area contributed by atoms with Gasteiger partial charge in [-0.1, -0.05) is 55.8 Å². The Labute approximate surface area is 201 Å². The number of nitrogens with one attached hydrogen (secondary N) is 2. The Kier molecular flexibility index (Phi) is 9.55. The summed E-state index contributed by atoms with van der Waals surface area (Å²) in [5.41, 5.74) is 15.6. The highest BCUT2D eigenvalue weighted by Gasteiger charge is 2.24. The first kappa shape index (κ1) is 25.3. The van der Waals surface area contributed by atoms with Gasteiger partial charge in [-0.25, -0.2) is 0 Å². The van der Waals surface area contributed by atoms with Crippen LogP contribution in [0.5, 0.6) is 0 Å². The maximum Gasteiger partial charge on any atom is 0.243 e. The summed E-state index contributed by atoms with van der Waals surface area (Å²) in [7, 11) is 0. The van der Waals surface area contributed by atoms with Gasteiger partial charge >= 0.3 is 0 Å². The summed E-state index contributed by atoms with van der Waals surface area (Å²) in [6.45, 7) is 3.05. The van der Waals surface area contributed by atoms with Gasteiger partial charge in [0.2, 0.25) is 11.8 Å². The minimum atomic E-state index is -0.758. The van der Waals surface area contributed by atoms with E-state index < -0.39 is 12.1 Å². The fourth-order valence-corrected chi connectivity index (χ4v) is 3.80. The molecule has 0 bridgehead atoms. The lowest BCUT2D eigenvalue weighted by atomic mass is 10.0. The van der Waals surface area contributed by atoms with Gasteiger partial charge in [0.15, 0.2) is 0 Å². The van der Waals surface area contributed by atoms with Crippen molar-refractivity contribution in [1.82, 2.24) is 15.6 Å². The average molecular weight is 462 g/mol. The quantitative estimate of drug-likeness (QED) is 0.309. The molecule has 0 aliphatic heterocycles. The van der Waals surface area contributed by atoms with E-state index >= 15 is 0 Å². The lowest BCUT2D eigenvalue weighted by molar-refractivity contribution is -0.129. The number of carbonyl (C=O) groups excluding carboxylic acids is 2. The molecule has 0 spiro atoms. The first-order chi connectivity index (χ1) is 16.5. The molecular formula is C27H35N5O2. The van der Waals surface area contributed by atoms with Crippen molar-refractivity contribution in [2.24, 2.45) is 11.5 Å². The Bertz CT molecular complexity index is 1080. The van der Waals surface area contributed by atoms with Crippen molar-refractivity contribution in [3.05, 3.63) is 77.5 Å². The van der Waals surface area contributed by atoms with Crippen LogP contribution in [0.2, 0.25) is 0 Å². The van der Waals surface area contributed by atoms with Gasteiger partial charge in [0, 0.05) is 24.5 Å². The second-order valence-electron chi connectivity index (χ2n) is 8.58. The highest BCUT2D eigenvalue weighted by atomic mass is 16.2. The standard InChI is InChI=1S/C27H35N5O2/c1-2-19-10-12-20(13-11-19)17-31-27(34)25(32-26(33)23(29)8-5-6-14-28)16-21-15-22-7-3-4-9-24(22)30-18-21/h3-4,7,9-13,15,18,23,25H,2,5-6,8,14,16-17,28-29H2,1H3,(H,31,34)(H,32,33)/t23-,25+/m1/s1. The number of nitrogens with two attached hydrogens (primary N) is 2. The third kappa shape index (κ3) is 7.37. The van der Waals surface area contributed by atoms with E-state index in [0.29, 0.717) is 25.9 Å². The van der Waals surface area contributed by atoms with Crippen LogP contribution in [0.4, 0.5) is 0 Å². The predicted molar refractivity (Wildman–Crippen MR) is 136 cm³/mol. The third-order valence-electron chi connectivity index (χ3n) is 5.92. The number of benzene rings is 2. The van der Waals surface area contributed by atoms with Gasteiger partial charge in [-0.15, -0.1) is 0 Å². The number of unbranched alkanes of at least 4 members (excludes halogenated alkanes) is 1. The summed E-state index contributed by atoms with van der Waals surface area (Å²) in [5, 5.41) is 6.80. The summed E-state index contributed by atoms with van der Waals surface area (Å²) in [6, 6.07) is 16.5. The van der Waals surface area contributed by atoms with E-state index in [1.165, 1.54) is 5.56 Å². The molecule has 0 aliphatic rings. The van der Waals surface area contributed by atoms with Crippen molar-refractivity contribution >= 4 is 22.7 Å². The highest BCUT2D eigenvalue weighted by Crippen LogP contribution is 2.14. The maximum absolute atomic E-state index is 13.1. The van der Waals surface area contributed by atoms with Gasteiger partial charge in [-0.05, 0) is 54.6 Å². The van der Waals surface area contributed by atoms with E-state index in [1.54, 1.807) is 6.20 Å². The predicted octanol–water partition coefficient (Wildman–Crippen LogP) is 2.60. The number of aryl methyl sites for hydroxylation is 1. The lowest BCUT2D eigenvalue weighted by Crippen LogP contribution is -2.52. The molecule has 0 saturated carbocycles. The van der Waals surface area contributed by atoms with Crippen molar-refractivity contribution in [3.8, 4) is 0 Å². The Hall–Kier alpha value is -3.29. The smallest absolute Gasteiger partial charge is 0.243 e. The minimum absolute atomic E-state index is 0.254. The van der Waals surface area contributed by atoms with Crippen LogP contribution in [0, 0.1) is 0 Å². The first-order valence-electron chi connectivity index (χ1n) is 12.0. The Balaban J connectivity index is 1.70. The number of aromatic nitrogens is 1. The van der Waals surface area contributed by atoms with Crippen LogP contribution in [0.15, 0.2) is 60.8 Å². The molecule has 34 heavy (non-hydrogen) atoms. The number of hydrogen-bond acceptors (Lipinski definition) is 5. The van der Waals surface area contributed by atoms with Gasteiger partial charge in [-0.3, -0.25) is 14.6 Å². The van der Waals surface area contributed by atoms with E-state index in [4.69, 9.17) is 11.5 Å². The van der Waals surface area contributed by atoms with Crippen LogP contribution in [-0.4, -0.2) is 35.4 Å². The van der Waals surface area contributed by atoms with Crippen LogP contribution >= 0.6 is 0 Å². The number of para-hydroxylation sites is 1. The zero-order valence-corrected chi connectivity index (χ0v) is 19.8. The molecule has 3 aromatic rings. The topological polar surface area (TPSA) is 123 Å². The average Bonchev–Trinajstić information content (AvgIpc) is 2.87. The second kappa shape index (κ2) is 12.8. The van der Waals surface area contributed by atoms with Crippen LogP contribution in [0.3, 0.4) is 0 Å². The highest BCUT2D eigenvalue weighted by molar-refractivity contribution is 5.90. The van der Waals surface area contributed by atoms with Crippen molar-refractivity contribution < 1.29 is 9.59 Å². The van der Waals surface area contributed by atoms with Crippen molar-refractivity contribution in [2.45, 2.75) is 57.7 Å².